The number of ether oxygens (including phenoxy) is 1. The van der Waals surface area contributed by atoms with Gasteiger partial charge >= 0.3 is 6.03 Å². The third-order valence-electron chi connectivity index (χ3n) is 5.79. The van der Waals surface area contributed by atoms with Crippen LogP contribution < -0.4 is 10.1 Å². The van der Waals surface area contributed by atoms with Crippen molar-refractivity contribution < 1.29 is 14.3 Å². The minimum atomic E-state index is -0.0751. The third kappa shape index (κ3) is 5.76. The molecule has 1 aliphatic carbocycles. The van der Waals surface area contributed by atoms with E-state index in [9.17, 15) is 9.59 Å². The van der Waals surface area contributed by atoms with Crippen LogP contribution in [0.15, 0.2) is 47.1 Å². The molecular weight excluding hydrogens is 460 g/mol. The minimum absolute atomic E-state index is 0.00489. The van der Waals surface area contributed by atoms with Crippen LogP contribution in [0, 0.1) is 0 Å². The van der Waals surface area contributed by atoms with Crippen molar-refractivity contribution in [3.63, 3.8) is 0 Å². The topological polar surface area (TPSA) is 74.8 Å². The van der Waals surface area contributed by atoms with Gasteiger partial charge in [-0.2, -0.15) is 0 Å². The van der Waals surface area contributed by atoms with Crippen molar-refractivity contribution in [2.45, 2.75) is 38.1 Å². The van der Waals surface area contributed by atoms with Crippen molar-refractivity contribution in [1.82, 2.24) is 20.1 Å². The number of urea groups is 1. The fourth-order valence-corrected chi connectivity index (χ4v) is 4.40. The normalized spacial score (nSPS) is 17.3. The highest BCUT2D eigenvalue weighted by molar-refractivity contribution is 9.10. The van der Waals surface area contributed by atoms with Crippen LogP contribution in [0.4, 0.5) is 4.79 Å². The molecule has 2 fully saturated rings. The number of aromatic nitrogens is 1. The Morgan fingerprint density at radius 2 is 1.74 bits per heavy atom. The van der Waals surface area contributed by atoms with Crippen molar-refractivity contribution in [3.05, 3.63) is 52.6 Å². The lowest BCUT2D eigenvalue weighted by Gasteiger charge is -2.36. The zero-order chi connectivity index (χ0) is 21.6. The van der Waals surface area contributed by atoms with Crippen molar-refractivity contribution in [3.8, 4) is 11.6 Å². The zero-order valence-electron chi connectivity index (χ0n) is 17.4. The molecule has 7 nitrogen and oxygen atoms in total. The number of hydrogen-bond acceptors (Lipinski definition) is 4. The number of carbonyl (C=O) groups excluding carboxylic acids is 2. The van der Waals surface area contributed by atoms with E-state index in [0.29, 0.717) is 49.4 Å². The molecule has 0 unspecified atom stereocenters. The van der Waals surface area contributed by atoms with E-state index < -0.39 is 0 Å². The molecule has 4 rings (SSSR count). The van der Waals surface area contributed by atoms with Crippen molar-refractivity contribution >= 4 is 27.9 Å². The SMILES string of the molecule is O=C(NC1CCCCC1)N1CCN(C(=O)c2ccc(Oc3cccc(Br)c3)nc2)CC1. The summed E-state index contributed by atoms with van der Waals surface area (Å²) in [6.07, 6.45) is 7.32. The molecule has 0 radical (unpaired) electrons. The fourth-order valence-electron chi connectivity index (χ4n) is 4.03. The van der Waals surface area contributed by atoms with E-state index in [1.165, 1.54) is 25.5 Å². The molecule has 31 heavy (non-hydrogen) atoms. The first kappa shape index (κ1) is 21.6. The Bertz CT molecular complexity index is 907. The largest absolute Gasteiger partial charge is 0.439 e. The monoisotopic (exact) mass is 486 g/mol. The average Bonchev–Trinajstić information content (AvgIpc) is 2.80. The van der Waals surface area contributed by atoms with Gasteiger partial charge in [0.05, 0.1) is 5.56 Å². The third-order valence-corrected chi connectivity index (χ3v) is 6.28. The summed E-state index contributed by atoms with van der Waals surface area (Å²) in [5.41, 5.74) is 0.515. The highest BCUT2D eigenvalue weighted by Gasteiger charge is 2.26. The fraction of sp³-hybridized carbons (Fsp3) is 0.435. The van der Waals surface area contributed by atoms with E-state index in [4.69, 9.17) is 4.74 Å². The molecule has 1 aromatic heterocycles. The van der Waals surface area contributed by atoms with E-state index in [0.717, 1.165) is 17.3 Å². The molecule has 0 atom stereocenters. The summed E-state index contributed by atoms with van der Waals surface area (Å²) in [4.78, 5) is 33.2. The molecule has 3 amide bonds. The second kappa shape index (κ2) is 10.1. The number of rotatable bonds is 4. The first-order chi connectivity index (χ1) is 15.1. The van der Waals surface area contributed by atoms with Gasteiger partial charge in [-0.05, 0) is 37.1 Å². The van der Waals surface area contributed by atoms with Crippen LogP contribution in [0.1, 0.15) is 42.5 Å². The predicted molar refractivity (Wildman–Crippen MR) is 121 cm³/mol. The van der Waals surface area contributed by atoms with Gasteiger partial charge < -0.3 is 19.9 Å². The Balaban J connectivity index is 1.27. The molecular formula is C23H27BrN4O3. The van der Waals surface area contributed by atoms with E-state index >= 15 is 0 Å². The lowest BCUT2D eigenvalue weighted by Crippen LogP contribution is -2.54. The number of piperazine rings is 1. The lowest BCUT2D eigenvalue weighted by molar-refractivity contribution is 0.0662. The molecule has 1 aromatic carbocycles. The van der Waals surface area contributed by atoms with Crippen LogP contribution in [0.5, 0.6) is 11.6 Å². The van der Waals surface area contributed by atoms with Crippen molar-refractivity contribution in [1.29, 1.82) is 0 Å². The smallest absolute Gasteiger partial charge is 0.317 e. The van der Waals surface area contributed by atoms with Crippen LogP contribution in [0.25, 0.3) is 0 Å². The first-order valence-electron chi connectivity index (χ1n) is 10.8. The maximum atomic E-state index is 12.8. The number of benzene rings is 1. The quantitative estimate of drug-likeness (QED) is 0.692. The van der Waals surface area contributed by atoms with Crippen LogP contribution in [-0.2, 0) is 0 Å². The molecule has 1 saturated heterocycles. The number of amides is 3. The molecule has 1 aliphatic heterocycles. The maximum absolute atomic E-state index is 12.8. The van der Waals surface area contributed by atoms with E-state index in [2.05, 4.69) is 26.2 Å². The van der Waals surface area contributed by atoms with Crippen LogP contribution >= 0.6 is 15.9 Å². The summed E-state index contributed by atoms with van der Waals surface area (Å²) in [7, 11) is 0. The number of nitrogens with zero attached hydrogens (tertiary/aromatic N) is 3. The van der Waals surface area contributed by atoms with Crippen LogP contribution in [0.3, 0.4) is 0 Å². The van der Waals surface area contributed by atoms with Crippen molar-refractivity contribution in [2.75, 3.05) is 26.2 Å². The molecule has 2 heterocycles. The number of nitrogens with one attached hydrogen (secondary N) is 1. The molecule has 8 heteroatoms. The lowest BCUT2D eigenvalue weighted by atomic mass is 9.96. The Labute approximate surface area is 190 Å². The predicted octanol–water partition coefficient (Wildman–Crippen LogP) is 4.44. The van der Waals surface area contributed by atoms with Gasteiger partial charge in [-0.25, -0.2) is 9.78 Å². The Morgan fingerprint density at radius 1 is 1.00 bits per heavy atom. The summed E-state index contributed by atoms with van der Waals surface area (Å²) >= 11 is 3.41. The molecule has 2 aliphatic rings. The standard InChI is InChI=1S/C23H27BrN4O3/c24-18-5-4-8-20(15-18)31-21-10-9-17(16-25-21)22(29)27-11-13-28(14-12-27)23(30)26-19-6-2-1-3-7-19/h4-5,8-10,15-16,19H,1-3,6-7,11-14H2,(H,26,30). The van der Waals surface area contributed by atoms with Gasteiger partial charge in [-0.15, -0.1) is 0 Å². The Kier molecular flexibility index (Phi) is 7.06. The van der Waals surface area contributed by atoms with Gasteiger partial charge in [0.1, 0.15) is 5.75 Å². The van der Waals surface area contributed by atoms with Crippen LogP contribution in [-0.4, -0.2) is 58.9 Å². The zero-order valence-corrected chi connectivity index (χ0v) is 19.0. The van der Waals surface area contributed by atoms with Gasteiger partial charge in [-0.1, -0.05) is 41.3 Å². The number of hydrogen-bond donors (Lipinski definition) is 1. The summed E-state index contributed by atoms with van der Waals surface area (Å²) < 4.78 is 6.64. The summed E-state index contributed by atoms with van der Waals surface area (Å²) in [5, 5.41) is 3.15. The minimum Gasteiger partial charge on any atom is -0.439 e. The highest BCUT2D eigenvalue weighted by atomic mass is 79.9. The Hall–Kier alpha value is -2.61. The highest BCUT2D eigenvalue weighted by Crippen LogP contribution is 2.23. The number of halogens is 1. The first-order valence-corrected chi connectivity index (χ1v) is 11.6. The molecule has 1 N–H and O–H groups in total. The molecule has 2 aromatic rings. The van der Waals surface area contributed by atoms with E-state index in [-0.39, 0.29) is 11.9 Å². The Morgan fingerprint density at radius 3 is 2.42 bits per heavy atom. The molecule has 0 bridgehead atoms. The number of carbonyl (C=O) groups is 2. The van der Waals surface area contributed by atoms with Gasteiger partial charge in [-0.3, -0.25) is 4.79 Å². The van der Waals surface area contributed by atoms with Gasteiger partial charge in [0.25, 0.3) is 5.91 Å². The maximum Gasteiger partial charge on any atom is 0.317 e. The average molecular weight is 487 g/mol. The summed E-state index contributed by atoms with van der Waals surface area (Å²) in [6.45, 7) is 2.13. The summed E-state index contributed by atoms with van der Waals surface area (Å²) in [5.74, 6) is 1.02. The molecule has 0 spiro atoms. The van der Waals surface area contributed by atoms with Gasteiger partial charge in [0, 0.05) is 49.0 Å². The van der Waals surface area contributed by atoms with Gasteiger partial charge in [0.2, 0.25) is 5.88 Å². The molecule has 1 saturated carbocycles. The van der Waals surface area contributed by atoms with Gasteiger partial charge in [0.15, 0.2) is 0 Å². The second-order valence-electron chi connectivity index (χ2n) is 8.01. The van der Waals surface area contributed by atoms with E-state index in [1.807, 2.05) is 29.2 Å². The molecule has 164 valence electrons. The van der Waals surface area contributed by atoms with E-state index in [1.54, 1.807) is 17.0 Å². The van der Waals surface area contributed by atoms with Crippen LogP contribution in [0.2, 0.25) is 0 Å². The summed E-state index contributed by atoms with van der Waals surface area (Å²) in [6, 6.07) is 11.2. The van der Waals surface area contributed by atoms with Crippen molar-refractivity contribution in [2.24, 2.45) is 0 Å². The number of pyridine rings is 1. The second-order valence-corrected chi connectivity index (χ2v) is 8.92.